The van der Waals surface area contributed by atoms with E-state index in [0.717, 1.165) is 16.9 Å². The lowest BCUT2D eigenvalue weighted by Gasteiger charge is -2.29. The molecule has 12 rings (SSSR count). The molecule has 2 aromatic heterocycles. The molecule has 6 heteroatoms. The molecule has 65 heavy (non-hydrogen) atoms. The van der Waals surface area contributed by atoms with Crippen molar-refractivity contribution in [1.82, 2.24) is 4.57 Å². The number of ether oxygens (including phenoxy) is 2. The van der Waals surface area contributed by atoms with Crippen molar-refractivity contribution < 1.29 is 9.47 Å². The third kappa shape index (κ3) is 5.95. The minimum atomic E-state index is -0.308. The molecule has 0 atom stereocenters. The SMILES string of the molecule is CC(C)(C)c1ccc(Nc2cc3c(cc2-c2c4c(c5c6cc(C(C)(C)C)ccc6n6c5c2[B]c2sc5cc(C(C)(C)C)ccc5c2-6)C(C)(C)c2ccccc2-4)Oc2ccccc2O3)cc1. The van der Waals surface area contributed by atoms with Gasteiger partial charge in [0.05, 0.1) is 16.9 Å². The fourth-order valence-electron chi connectivity index (χ4n) is 10.8. The molecular formula is C59H54BN2O2S. The van der Waals surface area contributed by atoms with Gasteiger partial charge in [0.2, 0.25) is 7.28 Å². The van der Waals surface area contributed by atoms with Gasteiger partial charge in [-0.25, -0.2) is 0 Å². The van der Waals surface area contributed by atoms with Gasteiger partial charge in [0.25, 0.3) is 0 Å². The Balaban J connectivity index is 1.23. The minimum absolute atomic E-state index is 0.0294. The van der Waals surface area contributed by atoms with E-state index >= 15 is 0 Å². The molecule has 0 unspecified atom stereocenters. The van der Waals surface area contributed by atoms with Crippen molar-refractivity contribution in [2.45, 2.75) is 97.8 Å². The van der Waals surface area contributed by atoms with Crippen molar-refractivity contribution in [3.8, 4) is 50.9 Å². The maximum absolute atomic E-state index is 6.79. The average molecular weight is 866 g/mol. The molecule has 2 aliphatic heterocycles. The van der Waals surface area contributed by atoms with E-state index in [0.29, 0.717) is 23.0 Å². The second-order valence-electron chi connectivity index (χ2n) is 22.1. The van der Waals surface area contributed by atoms with Crippen LogP contribution in [-0.4, -0.2) is 11.8 Å². The molecule has 3 aliphatic rings. The van der Waals surface area contributed by atoms with Gasteiger partial charge in [-0.3, -0.25) is 0 Å². The van der Waals surface area contributed by atoms with Gasteiger partial charge in [-0.05, 0) is 120 Å². The van der Waals surface area contributed by atoms with Gasteiger partial charge in [0.1, 0.15) is 0 Å². The zero-order valence-corrected chi connectivity index (χ0v) is 40.1. The number of anilines is 2. The van der Waals surface area contributed by atoms with Gasteiger partial charge in [-0.1, -0.05) is 143 Å². The van der Waals surface area contributed by atoms with E-state index in [9.17, 15) is 0 Å². The highest BCUT2D eigenvalue weighted by molar-refractivity contribution is 7.29. The molecule has 1 aliphatic carbocycles. The fraction of sp³-hybridized carbons (Fsp3) is 0.254. The third-order valence-corrected chi connectivity index (χ3v) is 15.4. The fourth-order valence-corrected chi connectivity index (χ4v) is 12.0. The number of thiophene rings is 1. The van der Waals surface area contributed by atoms with Crippen LogP contribution in [0.3, 0.4) is 0 Å². The highest BCUT2D eigenvalue weighted by atomic mass is 32.1. The molecular weight excluding hydrogens is 812 g/mol. The molecule has 0 saturated heterocycles. The van der Waals surface area contributed by atoms with Crippen LogP contribution in [0.25, 0.3) is 59.8 Å². The average Bonchev–Trinajstić information content (AvgIpc) is 3.87. The number of benzene rings is 7. The van der Waals surface area contributed by atoms with E-state index in [1.165, 1.54) is 92.3 Å². The summed E-state index contributed by atoms with van der Waals surface area (Å²) in [7, 11) is 2.51. The molecule has 1 radical (unpaired) electrons. The number of rotatable bonds is 3. The smallest absolute Gasteiger partial charge is 0.211 e. The number of hydrogen-bond donors (Lipinski definition) is 1. The summed E-state index contributed by atoms with van der Waals surface area (Å²) in [5.41, 5.74) is 18.2. The monoisotopic (exact) mass is 865 g/mol. The Morgan fingerprint density at radius 2 is 1.20 bits per heavy atom. The number of fused-ring (bicyclic) bond motifs is 13. The lowest BCUT2D eigenvalue weighted by atomic mass is 9.61. The Bertz CT molecular complexity index is 3510. The van der Waals surface area contributed by atoms with Crippen LogP contribution in [0.15, 0.2) is 121 Å². The summed E-state index contributed by atoms with van der Waals surface area (Å²) in [6.45, 7) is 25.6. The van der Waals surface area contributed by atoms with Gasteiger partial charge in [0, 0.05) is 49.1 Å². The Hall–Kier alpha value is -6.24. The van der Waals surface area contributed by atoms with E-state index in [4.69, 9.17) is 9.47 Å². The van der Waals surface area contributed by atoms with Crippen molar-refractivity contribution in [3.63, 3.8) is 0 Å². The Labute approximate surface area is 387 Å². The lowest BCUT2D eigenvalue weighted by Crippen LogP contribution is -2.36. The summed E-state index contributed by atoms with van der Waals surface area (Å²) in [4.78, 5) is 0. The van der Waals surface area contributed by atoms with Crippen LogP contribution in [0.1, 0.15) is 104 Å². The van der Waals surface area contributed by atoms with Gasteiger partial charge in [-0.15, -0.1) is 11.3 Å². The molecule has 1 N–H and O–H groups in total. The number of nitrogens with zero attached hydrogens (tertiary/aromatic N) is 1. The first-order valence-electron chi connectivity index (χ1n) is 23.1. The van der Waals surface area contributed by atoms with Gasteiger partial charge >= 0.3 is 0 Å². The van der Waals surface area contributed by atoms with Crippen molar-refractivity contribution in [3.05, 3.63) is 149 Å². The number of aromatic nitrogens is 1. The first-order chi connectivity index (χ1) is 30.9. The van der Waals surface area contributed by atoms with Crippen molar-refractivity contribution in [2.24, 2.45) is 0 Å². The topological polar surface area (TPSA) is 35.4 Å². The highest BCUT2D eigenvalue weighted by Crippen LogP contribution is 2.59. The Morgan fingerprint density at radius 3 is 1.89 bits per heavy atom. The summed E-state index contributed by atoms with van der Waals surface area (Å²) in [5.74, 6) is 2.80. The second kappa shape index (κ2) is 13.4. The van der Waals surface area contributed by atoms with Crippen molar-refractivity contribution in [2.75, 3.05) is 5.32 Å². The normalized spacial score (nSPS) is 14.6. The van der Waals surface area contributed by atoms with Gasteiger partial charge in [0.15, 0.2) is 23.0 Å². The summed E-state index contributed by atoms with van der Waals surface area (Å²) in [6.07, 6.45) is 0. The zero-order chi connectivity index (χ0) is 45.1. The molecule has 0 spiro atoms. The van der Waals surface area contributed by atoms with Gasteiger partial charge < -0.3 is 19.4 Å². The molecule has 9 aromatic rings. The standard InChI is InChI=1S/C59H54BN2O2S/c1-56(2,3)32-20-24-35(25-21-32)61-41-31-46-45(63-43-18-14-15-19-44(43)64-46)30-38(41)49-48-36-16-12-13-17-40(36)59(10,11)51(48)50-39-28-33(57(4,5)6)23-27-42(39)62-53-37-26-22-34(58(7,8)9)29-47(37)65-55(53)60-52(49)54(50)62/h12-31,61H,1-11H3. The molecule has 0 amide bonds. The van der Waals surface area contributed by atoms with E-state index < -0.39 is 0 Å². The van der Waals surface area contributed by atoms with Crippen LogP contribution in [0.4, 0.5) is 11.4 Å². The molecule has 0 bridgehead atoms. The van der Waals surface area contributed by atoms with Gasteiger partial charge in [-0.2, -0.15) is 0 Å². The molecule has 4 heterocycles. The van der Waals surface area contributed by atoms with Crippen molar-refractivity contribution in [1.29, 1.82) is 0 Å². The summed E-state index contributed by atoms with van der Waals surface area (Å²) in [6, 6.07) is 44.8. The minimum Gasteiger partial charge on any atom is -0.449 e. The lowest BCUT2D eigenvalue weighted by molar-refractivity contribution is 0.360. The molecule has 0 saturated carbocycles. The second-order valence-corrected chi connectivity index (χ2v) is 23.2. The largest absolute Gasteiger partial charge is 0.449 e. The molecule has 0 fully saturated rings. The number of hydrogen-bond acceptors (Lipinski definition) is 4. The summed E-state index contributed by atoms with van der Waals surface area (Å²) < 4.78 is 18.7. The maximum atomic E-state index is 6.79. The maximum Gasteiger partial charge on any atom is 0.211 e. The number of nitrogens with one attached hydrogen (secondary N) is 1. The first kappa shape index (κ1) is 40.3. The Kier molecular flexibility index (Phi) is 8.32. The summed E-state index contributed by atoms with van der Waals surface area (Å²) in [5, 5.41) is 7.89. The van der Waals surface area contributed by atoms with E-state index in [2.05, 4.69) is 190 Å². The number of para-hydroxylation sites is 2. The van der Waals surface area contributed by atoms with E-state index in [1.54, 1.807) is 0 Å². The van der Waals surface area contributed by atoms with Crippen LogP contribution < -0.4 is 25.0 Å². The Morgan fingerprint density at radius 1 is 0.585 bits per heavy atom. The molecule has 7 aromatic carbocycles. The van der Waals surface area contributed by atoms with Crippen LogP contribution in [-0.2, 0) is 21.7 Å². The van der Waals surface area contributed by atoms with Crippen molar-refractivity contribution >= 4 is 72.1 Å². The van der Waals surface area contributed by atoms with Crippen LogP contribution >= 0.6 is 11.3 Å². The molecule has 4 nitrogen and oxygen atoms in total. The highest BCUT2D eigenvalue weighted by Gasteiger charge is 2.44. The predicted octanol–water partition coefficient (Wildman–Crippen LogP) is 15.5. The van der Waals surface area contributed by atoms with E-state index in [1.807, 2.05) is 35.6 Å². The van der Waals surface area contributed by atoms with Crippen LogP contribution in [0.2, 0.25) is 0 Å². The molecule has 321 valence electrons. The van der Waals surface area contributed by atoms with Crippen LogP contribution in [0, 0.1) is 0 Å². The summed E-state index contributed by atoms with van der Waals surface area (Å²) >= 11 is 1.91. The first-order valence-corrected chi connectivity index (χ1v) is 23.9. The third-order valence-electron chi connectivity index (χ3n) is 14.3. The predicted molar refractivity (Wildman–Crippen MR) is 277 cm³/mol. The quantitative estimate of drug-likeness (QED) is 0.180. The van der Waals surface area contributed by atoms with Crippen LogP contribution in [0.5, 0.6) is 23.0 Å². The zero-order valence-electron chi connectivity index (χ0n) is 39.3. The van der Waals surface area contributed by atoms with E-state index in [-0.39, 0.29) is 21.7 Å².